The predicted molar refractivity (Wildman–Crippen MR) is 125 cm³/mol. The van der Waals surface area contributed by atoms with E-state index in [1.165, 1.54) is 66.8 Å². The maximum absolute atomic E-state index is 15.3. The summed E-state index contributed by atoms with van der Waals surface area (Å²) >= 11 is 0. The van der Waals surface area contributed by atoms with Gasteiger partial charge < -0.3 is 10.0 Å². The lowest BCUT2D eigenvalue weighted by Crippen LogP contribution is -2.36. The van der Waals surface area contributed by atoms with Gasteiger partial charge in [-0.2, -0.15) is 0 Å². The number of pyridine rings is 1. The van der Waals surface area contributed by atoms with Crippen molar-refractivity contribution in [2.75, 3.05) is 6.54 Å². The lowest BCUT2D eigenvalue weighted by atomic mass is 9.96. The molecule has 0 saturated heterocycles. The first kappa shape index (κ1) is 25.1. The molecule has 180 valence electrons. The van der Waals surface area contributed by atoms with Crippen LogP contribution in [0, 0.1) is 11.2 Å². The van der Waals surface area contributed by atoms with Gasteiger partial charge in [-0.1, -0.05) is 26.8 Å². The molecule has 1 N–H and O–H groups in total. The summed E-state index contributed by atoms with van der Waals surface area (Å²) in [7, 11) is -4.20. The number of ketones is 1. The number of carboxylic acid groups (broad SMARTS) is 1. The lowest BCUT2D eigenvalue weighted by Gasteiger charge is -2.27. The minimum atomic E-state index is -4.20. The van der Waals surface area contributed by atoms with E-state index >= 15 is 4.39 Å². The quantitative estimate of drug-likeness (QED) is 0.486. The number of nitrogens with zero attached hydrogens (tertiary/aromatic N) is 3. The zero-order valence-corrected chi connectivity index (χ0v) is 20.1. The topological polar surface area (TPSA) is 110 Å². The molecule has 0 aliphatic carbocycles. The zero-order valence-electron chi connectivity index (χ0n) is 19.3. The predicted octanol–water partition coefficient (Wildman–Crippen LogP) is 4.65. The maximum atomic E-state index is 15.3. The molecule has 0 atom stereocenters. The average Bonchev–Trinajstić information content (AvgIpc) is 3.17. The largest absolute Gasteiger partial charge is 0.465 e. The monoisotopic (exact) mass is 487 g/mol. The summed E-state index contributed by atoms with van der Waals surface area (Å²) in [4.78, 5) is 28.6. The SMILES string of the molecule is CC(=O)c1cccc(-c2cc(CN(CC(C)(C)C)C(=O)O)cn2S(=O)(=O)c2cccnc2)c1F. The van der Waals surface area contributed by atoms with Crippen molar-refractivity contribution in [3.8, 4) is 11.3 Å². The summed E-state index contributed by atoms with van der Waals surface area (Å²) in [6.07, 6.45) is 2.71. The van der Waals surface area contributed by atoms with Crippen LogP contribution >= 0.6 is 0 Å². The van der Waals surface area contributed by atoms with E-state index < -0.39 is 27.7 Å². The van der Waals surface area contributed by atoms with Gasteiger partial charge in [0.25, 0.3) is 10.0 Å². The van der Waals surface area contributed by atoms with Crippen molar-refractivity contribution in [2.24, 2.45) is 5.41 Å². The normalized spacial score (nSPS) is 11.9. The van der Waals surface area contributed by atoms with Gasteiger partial charge in [-0.25, -0.2) is 21.6 Å². The second-order valence-corrected chi connectivity index (χ2v) is 11.0. The van der Waals surface area contributed by atoms with Crippen molar-refractivity contribution < 1.29 is 27.5 Å². The number of hydrogen-bond acceptors (Lipinski definition) is 5. The standard InChI is InChI=1S/C24H26FN3O5S/c1-16(29)19-8-5-9-20(22(19)25)21-11-17(13-27(23(30)31)15-24(2,3)4)14-28(21)34(32,33)18-7-6-10-26-12-18/h5-12,14H,13,15H2,1-4H3,(H,30,31). The van der Waals surface area contributed by atoms with E-state index in [9.17, 15) is 23.1 Å². The third-order valence-electron chi connectivity index (χ3n) is 5.00. The number of benzene rings is 1. The van der Waals surface area contributed by atoms with E-state index in [0.29, 0.717) is 5.56 Å². The fourth-order valence-corrected chi connectivity index (χ4v) is 4.93. The molecule has 2 aromatic heterocycles. The Morgan fingerprint density at radius 3 is 2.44 bits per heavy atom. The van der Waals surface area contributed by atoms with Crippen LogP contribution in [0.25, 0.3) is 11.3 Å². The highest BCUT2D eigenvalue weighted by Crippen LogP contribution is 2.31. The first-order valence-electron chi connectivity index (χ1n) is 10.5. The van der Waals surface area contributed by atoms with Crippen molar-refractivity contribution in [3.05, 3.63) is 71.9 Å². The van der Waals surface area contributed by atoms with Crippen LogP contribution in [0.1, 0.15) is 43.6 Å². The van der Waals surface area contributed by atoms with Crippen molar-refractivity contribution in [3.63, 3.8) is 0 Å². The Balaban J connectivity index is 2.21. The number of rotatable bonds is 7. The molecular formula is C24H26FN3O5S. The van der Waals surface area contributed by atoms with E-state index in [0.717, 1.165) is 3.97 Å². The molecule has 0 radical (unpaired) electrons. The Kier molecular flexibility index (Phi) is 6.92. The van der Waals surface area contributed by atoms with Crippen molar-refractivity contribution in [1.29, 1.82) is 0 Å². The molecule has 1 aromatic carbocycles. The highest BCUT2D eigenvalue weighted by atomic mass is 32.2. The van der Waals surface area contributed by atoms with Gasteiger partial charge in [-0.05, 0) is 48.2 Å². The van der Waals surface area contributed by atoms with Gasteiger partial charge in [0.15, 0.2) is 5.78 Å². The number of amides is 1. The average molecular weight is 488 g/mol. The van der Waals surface area contributed by atoms with Gasteiger partial charge in [-0.3, -0.25) is 9.78 Å². The van der Waals surface area contributed by atoms with Gasteiger partial charge in [0.1, 0.15) is 10.7 Å². The minimum Gasteiger partial charge on any atom is -0.465 e. The van der Waals surface area contributed by atoms with Gasteiger partial charge in [-0.15, -0.1) is 0 Å². The van der Waals surface area contributed by atoms with Gasteiger partial charge in [0, 0.05) is 30.7 Å². The molecule has 0 spiro atoms. The number of hydrogen-bond donors (Lipinski definition) is 1. The van der Waals surface area contributed by atoms with Gasteiger partial charge in [0.2, 0.25) is 0 Å². The molecule has 0 saturated carbocycles. The summed E-state index contributed by atoms with van der Waals surface area (Å²) in [6.45, 7) is 6.96. The number of carbonyl (C=O) groups is 2. The molecule has 0 bridgehead atoms. The third kappa shape index (κ3) is 5.33. The molecule has 0 aliphatic heterocycles. The highest BCUT2D eigenvalue weighted by Gasteiger charge is 2.27. The molecule has 3 aromatic rings. The minimum absolute atomic E-state index is 0.0273. The molecule has 1 amide bonds. The van der Waals surface area contributed by atoms with Crippen LogP contribution in [0.4, 0.5) is 9.18 Å². The van der Waals surface area contributed by atoms with Crippen molar-refractivity contribution in [2.45, 2.75) is 39.1 Å². The Hall–Kier alpha value is -3.53. The van der Waals surface area contributed by atoms with Crippen LogP contribution in [0.2, 0.25) is 0 Å². The maximum Gasteiger partial charge on any atom is 0.407 e. The van der Waals surface area contributed by atoms with E-state index in [1.54, 1.807) is 0 Å². The van der Waals surface area contributed by atoms with Crippen LogP contribution < -0.4 is 0 Å². The molecule has 0 unspecified atom stereocenters. The van der Waals surface area contributed by atoms with Gasteiger partial charge >= 0.3 is 6.09 Å². The Morgan fingerprint density at radius 1 is 1.18 bits per heavy atom. The second-order valence-electron chi connectivity index (χ2n) is 9.15. The zero-order chi connectivity index (χ0) is 25.3. The summed E-state index contributed by atoms with van der Waals surface area (Å²) in [6, 6.07) is 8.41. The van der Waals surface area contributed by atoms with E-state index in [2.05, 4.69) is 4.98 Å². The molecule has 0 fully saturated rings. The van der Waals surface area contributed by atoms with E-state index in [4.69, 9.17) is 0 Å². The lowest BCUT2D eigenvalue weighted by molar-refractivity contribution is 0.101. The number of aromatic nitrogens is 2. The molecule has 2 heterocycles. The third-order valence-corrected chi connectivity index (χ3v) is 6.65. The Morgan fingerprint density at radius 2 is 1.88 bits per heavy atom. The van der Waals surface area contributed by atoms with E-state index in [1.807, 2.05) is 20.8 Å². The molecule has 8 nitrogen and oxygen atoms in total. The fraction of sp³-hybridized carbons (Fsp3) is 0.292. The molecular weight excluding hydrogens is 461 g/mol. The molecule has 0 aliphatic rings. The van der Waals surface area contributed by atoms with E-state index in [-0.39, 0.29) is 40.2 Å². The second kappa shape index (κ2) is 9.38. The molecule has 34 heavy (non-hydrogen) atoms. The van der Waals surface area contributed by atoms with Crippen LogP contribution in [0.5, 0.6) is 0 Å². The van der Waals surface area contributed by atoms with Crippen LogP contribution in [0.3, 0.4) is 0 Å². The van der Waals surface area contributed by atoms with Crippen LogP contribution in [0.15, 0.2) is 59.9 Å². The summed E-state index contributed by atoms with van der Waals surface area (Å²) < 4.78 is 43.0. The van der Waals surface area contributed by atoms with Gasteiger partial charge in [0.05, 0.1) is 17.8 Å². The number of carbonyl (C=O) groups excluding carboxylic acids is 1. The van der Waals surface area contributed by atoms with Crippen LogP contribution in [-0.2, 0) is 16.6 Å². The Labute approximate surface area is 197 Å². The first-order valence-corrected chi connectivity index (χ1v) is 11.9. The smallest absolute Gasteiger partial charge is 0.407 e. The van der Waals surface area contributed by atoms with Crippen LogP contribution in [-0.4, -0.2) is 45.8 Å². The Bertz CT molecular complexity index is 1330. The first-order chi connectivity index (χ1) is 15.8. The summed E-state index contributed by atoms with van der Waals surface area (Å²) in [5.41, 5.74) is -0.287. The highest BCUT2D eigenvalue weighted by molar-refractivity contribution is 7.90. The summed E-state index contributed by atoms with van der Waals surface area (Å²) in [5.74, 6) is -1.36. The molecule has 10 heteroatoms. The fourth-order valence-electron chi connectivity index (χ4n) is 3.58. The van der Waals surface area contributed by atoms with Crippen molar-refractivity contribution >= 4 is 21.9 Å². The van der Waals surface area contributed by atoms with Crippen molar-refractivity contribution in [1.82, 2.24) is 13.9 Å². The summed E-state index contributed by atoms with van der Waals surface area (Å²) in [5, 5.41) is 9.67. The molecule has 3 rings (SSSR count). The number of halogens is 1. The number of Topliss-reactive ketones (excluding diaryl/α,β-unsaturated/α-hetero) is 1.